The fourth-order valence-corrected chi connectivity index (χ4v) is 7.26. The van der Waals surface area contributed by atoms with E-state index >= 15 is 0 Å². The lowest BCUT2D eigenvalue weighted by Crippen LogP contribution is -2.47. The summed E-state index contributed by atoms with van der Waals surface area (Å²) in [5.41, 5.74) is 3.95. The van der Waals surface area contributed by atoms with E-state index in [9.17, 15) is 4.79 Å². The van der Waals surface area contributed by atoms with Gasteiger partial charge < -0.3 is 0 Å². The van der Waals surface area contributed by atoms with Crippen LogP contribution in [0.5, 0.6) is 0 Å². The molecule has 2 heterocycles. The molecule has 1 aliphatic heterocycles. The second-order valence-electron chi connectivity index (χ2n) is 7.00. The Morgan fingerprint density at radius 3 is 2.56 bits per heavy atom. The van der Waals surface area contributed by atoms with E-state index in [1.165, 1.54) is 0 Å². The lowest BCUT2D eigenvalue weighted by Gasteiger charge is -2.43. The van der Waals surface area contributed by atoms with Crippen LogP contribution in [-0.2, 0) is 5.54 Å². The summed E-state index contributed by atoms with van der Waals surface area (Å²) in [5, 5.41) is 0.851. The highest BCUT2D eigenvalue weighted by Crippen LogP contribution is 2.52. The van der Waals surface area contributed by atoms with Crippen LogP contribution in [0.1, 0.15) is 34.6 Å². The Kier molecular flexibility index (Phi) is 4.72. The van der Waals surface area contributed by atoms with Crippen molar-refractivity contribution in [2.45, 2.75) is 26.3 Å². The predicted molar refractivity (Wildman–Crippen MR) is 120 cm³/mol. The summed E-state index contributed by atoms with van der Waals surface area (Å²) in [6.45, 7) is 6.14. The highest BCUT2D eigenvalue weighted by Gasteiger charge is 2.43. The smallest absolute Gasteiger partial charge is 0.260 e. The maximum absolute atomic E-state index is 13.6. The van der Waals surface area contributed by atoms with Crippen LogP contribution in [0.15, 0.2) is 36.4 Å². The maximum atomic E-state index is 13.6. The van der Waals surface area contributed by atoms with Gasteiger partial charge in [-0.3, -0.25) is 9.69 Å². The van der Waals surface area contributed by atoms with Gasteiger partial charge in [0.15, 0.2) is 0 Å². The van der Waals surface area contributed by atoms with E-state index in [-0.39, 0.29) is 5.91 Å². The summed E-state index contributed by atoms with van der Waals surface area (Å²) < 4.78 is 0.867. The quantitative estimate of drug-likeness (QED) is 0.278. The number of nitrogens with zero attached hydrogens (tertiary/aromatic N) is 1. The van der Waals surface area contributed by atoms with Crippen molar-refractivity contribution in [2.24, 2.45) is 0 Å². The van der Waals surface area contributed by atoms with Gasteiger partial charge in [-0.2, -0.15) is 0 Å². The number of hydrogen-bond donors (Lipinski definition) is 0. The van der Waals surface area contributed by atoms with E-state index in [4.69, 9.17) is 35.4 Å². The Morgan fingerprint density at radius 2 is 1.85 bits per heavy atom. The summed E-state index contributed by atoms with van der Waals surface area (Å²) in [5.74, 6) is -0.151. The van der Waals surface area contributed by atoms with Gasteiger partial charge in [-0.05, 0) is 51.1 Å². The van der Waals surface area contributed by atoms with E-state index in [1.807, 2.05) is 37.8 Å². The van der Waals surface area contributed by atoms with Gasteiger partial charge in [0, 0.05) is 16.1 Å². The van der Waals surface area contributed by atoms with Crippen LogP contribution in [0, 0.1) is 10.7 Å². The molecule has 4 rings (SSSR count). The molecule has 1 aromatic heterocycles. The molecule has 0 bridgehead atoms. The second-order valence-corrected chi connectivity index (χ2v) is 10.7. The average Bonchev–Trinajstić information content (AvgIpc) is 2.98. The SMILES string of the molecule is Cc1ccc2c(c1)-c1c(ssc1=S)C(C)(C)N2C(=O)c1ccc(Cl)cc1Cl. The number of fused-ring (bicyclic) bond motifs is 3. The molecule has 0 saturated carbocycles. The van der Waals surface area contributed by atoms with Crippen LogP contribution in [0.4, 0.5) is 5.69 Å². The summed E-state index contributed by atoms with van der Waals surface area (Å²) in [7, 11) is 3.22. The van der Waals surface area contributed by atoms with E-state index in [2.05, 4.69) is 6.07 Å². The molecule has 2 aromatic carbocycles. The molecule has 0 N–H and O–H groups in total. The van der Waals surface area contributed by atoms with Crippen LogP contribution in [0.3, 0.4) is 0 Å². The van der Waals surface area contributed by atoms with Crippen LogP contribution in [0.2, 0.25) is 10.0 Å². The van der Waals surface area contributed by atoms with Crippen molar-refractivity contribution in [3.63, 3.8) is 0 Å². The average molecular weight is 452 g/mol. The van der Waals surface area contributed by atoms with Crippen LogP contribution < -0.4 is 4.90 Å². The van der Waals surface area contributed by atoms with Crippen molar-refractivity contribution < 1.29 is 4.79 Å². The van der Waals surface area contributed by atoms with Gasteiger partial charge >= 0.3 is 0 Å². The largest absolute Gasteiger partial charge is 0.297 e. The first-order valence-electron chi connectivity index (χ1n) is 8.26. The maximum Gasteiger partial charge on any atom is 0.260 e. The van der Waals surface area contributed by atoms with Crippen LogP contribution in [0.25, 0.3) is 11.1 Å². The molecule has 0 atom stereocenters. The number of anilines is 1. The molecule has 138 valence electrons. The summed E-state index contributed by atoms with van der Waals surface area (Å²) in [4.78, 5) is 16.5. The molecule has 0 saturated heterocycles. The van der Waals surface area contributed by atoms with E-state index in [1.54, 1.807) is 38.9 Å². The van der Waals surface area contributed by atoms with Crippen molar-refractivity contribution in [1.82, 2.24) is 0 Å². The highest BCUT2D eigenvalue weighted by atomic mass is 35.5. The van der Waals surface area contributed by atoms with Crippen molar-refractivity contribution >= 4 is 67.7 Å². The monoisotopic (exact) mass is 451 g/mol. The van der Waals surface area contributed by atoms with Gasteiger partial charge in [-0.15, -0.1) is 0 Å². The topological polar surface area (TPSA) is 20.3 Å². The standard InChI is InChI=1S/C20H15Cl2NOS3/c1-10-4-7-15-13(8-10)16-17(26-27-19(16)25)20(2,3)23(15)18(24)12-6-5-11(21)9-14(12)22/h4-9H,1-3H3. The molecule has 7 heteroatoms. The third kappa shape index (κ3) is 2.97. The van der Waals surface area contributed by atoms with Crippen molar-refractivity contribution in [3.05, 3.63) is 66.3 Å². The molecule has 1 aliphatic rings. The number of amides is 1. The van der Waals surface area contributed by atoms with Gasteiger partial charge in [0.05, 0.1) is 26.7 Å². The molecule has 0 fully saturated rings. The molecule has 2 nitrogen and oxygen atoms in total. The molecule has 3 aromatic rings. The van der Waals surface area contributed by atoms with Crippen molar-refractivity contribution in [1.29, 1.82) is 0 Å². The van der Waals surface area contributed by atoms with E-state index in [0.717, 1.165) is 31.1 Å². The normalized spacial score (nSPS) is 14.6. The lowest BCUT2D eigenvalue weighted by atomic mass is 9.86. The van der Waals surface area contributed by atoms with Gasteiger partial charge in [0.25, 0.3) is 5.91 Å². The minimum absolute atomic E-state index is 0.151. The Labute approximate surface area is 180 Å². The first kappa shape index (κ1) is 19.1. The third-order valence-corrected chi connectivity index (χ3v) is 8.65. The molecule has 27 heavy (non-hydrogen) atoms. The molecule has 0 radical (unpaired) electrons. The molecule has 1 amide bonds. The van der Waals surface area contributed by atoms with Gasteiger partial charge in [-0.25, -0.2) is 0 Å². The number of hydrogen-bond acceptors (Lipinski definition) is 4. The van der Waals surface area contributed by atoms with Gasteiger partial charge in [0.1, 0.15) is 3.82 Å². The van der Waals surface area contributed by atoms with Crippen molar-refractivity contribution in [2.75, 3.05) is 4.90 Å². The fraction of sp³-hybridized carbons (Fsp3) is 0.200. The Bertz CT molecular complexity index is 1150. The zero-order valence-corrected chi connectivity index (χ0v) is 18.8. The number of carbonyl (C=O) groups is 1. The molecule has 0 unspecified atom stereocenters. The Morgan fingerprint density at radius 1 is 1.11 bits per heavy atom. The Hall–Kier alpha value is -1.24. The van der Waals surface area contributed by atoms with Crippen LogP contribution >= 0.6 is 56.1 Å². The Balaban J connectivity index is 1.98. The number of aryl methyl sites for hydroxylation is 1. The molecular weight excluding hydrogens is 437 g/mol. The summed E-state index contributed by atoms with van der Waals surface area (Å²) >= 11 is 18.0. The van der Waals surface area contributed by atoms with Gasteiger partial charge in [0.2, 0.25) is 0 Å². The van der Waals surface area contributed by atoms with E-state index < -0.39 is 5.54 Å². The second kappa shape index (κ2) is 6.68. The lowest BCUT2D eigenvalue weighted by molar-refractivity contribution is 0.0962. The van der Waals surface area contributed by atoms with Crippen molar-refractivity contribution in [3.8, 4) is 11.1 Å². The third-order valence-electron chi connectivity index (χ3n) is 4.77. The van der Waals surface area contributed by atoms with E-state index in [0.29, 0.717) is 15.6 Å². The number of carbonyl (C=O) groups excluding carboxylic acids is 1. The summed E-state index contributed by atoms with van der Waals surface area (Å²) in [6, 6.07) is 11.1. The number of benzene rings is 2. The predicted octanol–water partition coefficient (Wildman–Crippen LogP) is 7.72. The molecule has 0 spiro atoms. The first-order chi connectivity index (χ1) is 12.7. The molecular formula is C20H15Cl2NOS3. The number of halogens is 2. The minimum Gasteiger partial charge on any atom is -0.297 e. The van der Waals surface area contributed by atoms with Gasteiger partial charge in [-0.1, -0.05) is 67.7 Å². The fourth-order valence-electron chi connectivity index (χ4n) is 3.49. The van der Waals surface area contributed by atoms with Crippen LogP contribution in [-0.4, -0.2) is 5.91 Å². The molecule has 0 aliphatic carbocycles. The minimum atomic E-state index is -0.546. The zero-order valence-electron chi connectivity index (χ0n) is 14.8. The first-order valence-corrected chi connectivity index (χ1v) is 11.6. The highest BCUT2D eigenvalue weighted by molar-refractivity contribution is 7.80. The zero-order chi connectivity index (χ0) is 19.5. The summed E-state index contributed by atoms with van der Waals surface area (Å²) in [6.07, 6.45) is 0. The number of rotatable bonds is 1.